The third kappa shape index (κ3) is 3.08. The van der Waals surface area contributed by atoms with Crippen molar-refractivity contribution in [3.05, 3.63) is 18.2 Å². The first kappa shape index (κ1) is 14.3. The zero-order valence-electron chi connectivity index (χ0n) is 11.1. The summed E-state index contributed by atoms with van der Waals surface area (Å²) in [5.74, 6) is -1.30. The van der Waals surface area contributed by atoms with Crippen LogP contribution in [0.1, 0.15) is 13.8 Å². The highest BCUT2D eigenvalue weighted by Gasteiger charge is 2.25. The molecule has 0 aliphatic heterocycles. The van der Waals surface area contributed by atoms with Crippen molar-refractivity contribution in [1.82, 2.24) is 10.3 Å². The molecule has 2 rings (SSSR count). The van der Waals surface area contributed by atoms with Gasteiger partial charge in [0.05, 0.1) is 0 Å². The maximum Gasteiger partial charge on any atom is 0.316 e. The number of nitrogens with one attached hydrogen (secondary N) is 1. The number of carbonyl (C=O) groups is 1. The van der Waals surface area contributed by atoms with Gasteiger partial charge < -0.3 is 15.5 Å². The van der Waals surface area contributed by atoms with E-state index in [2.05, 4.69) is 10.3 Å². The summed E-state index contributed by atoms with van der Waals surface area (Å²) in [6.07, 6.45) is 0. The molecule has 0 bridgehead atoms. The molecule has 0 fully saturated rings. The van der Waals surface area contributed by atoms with Gasteiger partial charge in [-0.2, -0.15) is 4.98 Å². The van der Waals surface area contributed by atoms with Crippen LogP contribution in [-0.2, 0) is 14.6 Å². The maximum atomic E-state index is 12.0. The Kier molecular flexibility index (Phi) is 3.67. The molecule has 1 amide bonds. The minimum Gasteiger partial charge on any atom is -0.428 e. The quantitative estimate of drug-likeness (QED) is 0.803. The standard InChI is InChI=1S/C12H15N3O4S/c1-7(2)14-11(16)6-20(17,18)12-15-9-4-3-8(13)5-10(9)19-12/h3-5,7H,6,13H2,1-2H3,(H,14,16). The van der Waals surface area contributed by atoms with Crippen molar-refractivity contribution in [2.75, 3.05) is 11.5 Å². The summed E-state index contributed by atoms with van der Waals surface area (Å²) in [6, 6.07) is 4.49. The topological polar surface area (TPSA) is 115 Å². The van der Waals surface area contributed by atoms with Gasteiger partial charge in [0.25, 0.3) is 0 Å². The van der Waals surface area contributed by atoms with E-state index >= 15 is 0 Å². The van der Waals surface area contributed by atoms with Crippen molar-refractivity contribution in [3.63, 3.8) is 0 Å². The molecule has 1 aromatic carbocycles. The second-order valence-electron chi connectivity index (χ2n) is 4.69. The van der Waals surface area contributed by atoms with Gasteiger partial charge in [0.1, 0.15) is 11.3 Å². The summed E-state index contributed by atoms with van der Waals surface area (Å²) in [4.78, 5) is 15.4. The molecule has 8 heteroatoms. The summed E-state index contributed by atoms with van der Waals surface area (Å²) in [5.41, 5.74) is 6.66. The number of amides is 1. The van der Waals surface area contributed by atoms with Gasteiger partial charge in [0, 0.05) is 17.8 Å². The molecule has 0 radical (unpaired) electrons. The van der Waals surface area contributed by atoms with Gasteiger partial charge in [-0.15, -0.1) is 0 Å². The Morgan fingerprint density at radius 2 is 2.15 bits per heavy atom. The minimum absolute atomic E-state index is 0.138. The van der Waals surface area contributed by atoms with E-state index in [1.807, 2.05) is 0 Å². The Hall–Kier alpha value is -2.09. The molecule has 2 aromatic rings. The Labute approximate surface area is 116 Å². The highest BCUT2D eigenvalue weighted by atomic mass is 32.2. The fraction of sp³-hybridized carbons (Fsp3) is 0.333. The number of aromatic nitrogens is 1. The van der Waals surface area contributed by atoms with Crippen molar-refractivity contribution in [1.29, 1.82) is 0 Å². The first-order valence-electron chi connectivity index (χ1n) is 5.96. The minimum atomic E-state index is -3.91. The first-order valence-corrected chi connectivity index (χ1v) is 7.61. The van der Waals surface area contributed by atoms with Crippen molar-refractivity contribution in [3.8, 4) is 0 Å². The number of benzene rings is 1. The van der Waals surface area contributed by atoms with E-state index in [1.54, 1.807) is 26.0 Å². The Morgan fingerprint density at radius 1 is 1.45 bits per heavy atom. The van der Waals surface area contributed by atoms with E-state index in [1.165, 1.54) is 6.07 Å². The van der Waals surface area contributed by atoms with Crippen molar-refractivity contribution >= 4 is 32.5 Å². The molecule has 0 spiro atoms. The summed E-state index contributed by atoms with van der Waals surface area (Å²) < 4.78 is 29.2. The van der Waals surface area contributed by atoms with Crippen molar-refractivity contribution in [2.24, 2.45) is 0 Å². The third-order valence-corrected chi connectivity index (χ3v) is 3.78. The number of hydrogen-bond acceptors (Lipinski definition) is 6. The lowest BCUT2D eigenvalue weighted by atomic mass is 10.3. The molecule has 0 atom stereocenters. The molecule has 1 aromatic heterocycles. The van der Waals surface area contributed by atoms with Gasteiger partial charge in [-0.3, -0.25) is 4.79 Å². The summed E-state index contributed by atoms with van der Waals surface area (Å²) in [7, 11) is -3.91. The molecule has 0 aliphatic rings. The van der Waals surface area contributed by atoms with Crippen LogP contribution in [-0.4, -0.2) is 31.1 Å². The SMILES string of the molecule is CC(C)NC(=O)CS(=O)(=O)c1nc2ccc(N)cc2o1. The number of anilines is 1. The molecule has 0 saturated carbocycles. The van der Waals surface area contributed by atoms with Crippen LogP contribution in [0.4, 0.5) is 5.69 Å². The highest BCUT2D eigenvalue weighted by molar-refractivity contribution is 7.91. The van der Waals surface area contributed by atoms with Gasteiger partial charge in [-0.25, -0.2) is 8.42 Å². The highest BCUT2D eigenvalue weighted by Crippen LogP contribution is 2.21. The van der Waals surface area contributed by atoms with E-state index in [4.69, 9.17) is 10.2 Å². The predicted molar refractivity (Wildman–Crippen MR) is 73.8 cm³/mol. The fourth-order valence-corrected chi connectivity index (χ4v) is 2.66. The van der Waals surface area contributed by atoms with Crippen LogP contribution < -0.4 is 11.1 Å². The summed E-state index contributed by atoms with van der Waals surface area (Å²) in [6.45, 7) is 3.49. The Bertz CT molecular complexity index is 749. The zero-order chi connectivity index (χ0) is 14.9. The number of oxazole rings is 1. The monoisotopic (exact) mass is 297 g/mol. The molecule has 7 nitrogen and oxygen atoms in total. The van der Waals surface area contributed by atoms with Crippen LogP contribution in [0.5, 0.6) is 0 Å². The molecule has 0 saturated heterocycles. The predicted octanol–water partition coefficient (Wildman–Crippen LogP) is 0.708. The number of sulfone groups is 1. The zero-order valence-corrected chi connectivity index (χ0v) is 11.9. The largest absolute Gasteiger partial charge is 0.428 e. The number of carbonyl (C=O) groups excluding carboxylic acids is 1. The second kappa shape index (κ2) is 5.12. The number of nitrogens with two attached hydrogens (primary N) is 1. The maximum absolute atomic E-state index is 12.0. The molecule has 0 aliphatic carbocycles. The molecule has 1 heterocycles. The van der Waals surface area contributed by atoms with E-state index in [9.17, 15) is 13.2 Å². The molecule has 20 heavy (non-hydrogen) atoms. The van der Waals surface area contributed by atoms with Crippen LogP contribution in [0.15, 0.2) is 27.8 Å². The van der Waals surface area contributed by atoms with Crippen molar-refractivity contribution < 1.29 is 17.6 Å². The van der Waals surface area contributed by atoms with Gasteiger partial charge in [0.15, 0.2) is 5.58 Å². The lowest BCUT2D eigenvalue weighted by Crippen LogP contribution is -2.35. The van der Waals surface area contributed by atoms with E-state index < -0.39 is 26.7 Å². The third-order valence-electron chi connectivity index (χ3n) is 2.43. The summed E-state index contributed by atoms with van der Waals surface area (Å²) in [5, 5.41) is 2.03. The lowest BCUT2D eigenvalue weighted by Gasteiger charge is -2.06. The molecule has 3 N–H and O–H groups in total. The van der Waals surface area contributed by atoms with Gasteiger partial charge in [0.2, 0.25) is 15.7 Å². The van der Waals surface area contributed by atoms with Gasteiger partial charge in [-0.1, -0.05) is 0 Å². The number of hydrogen-bond donors (Lipinski definition) is 2. The average molecular weight is 297 g/mol. The molecule has 0 unspecified atom stereocenters. The van der Waals surface area contributed by atoms with Crippen LogP contribution >= 0.6 is 0 Å². The second-order valence-corrected chi connectivity index (χ2v) is 6.56. The van der Waals surface area contributed by atoms with E-state index in [-0.39, 0.29) is 11.6 Å². The van der Waals surface area contributed by atoms with E-state index in [0.29, 0.717) is 11.2 Å². The number of nitrogen functional groups attached to an aromatic ring is 1. The van der Waals surface area contributed by atoms with E-state index in [0.717, 1.165) is 0 Å². The molecule has 108 valence electrons. The average Bonchev–Trinajstić information content (AvgIpc) is 2.70. The summed E-state index contributed by atoms with van der Waals surface area (Å²) >= 11 is 0. The normalized spacial score (nSPS) is 11.9. The van der Waals surface area contributed by atoms with Crippen molar-refractivity contribution in [2.45, 2.75) is 25.1 Å². The lowest BCUT2D eigenvalue weighted by molar-refractivity contribution is -0.119. The van der Waals surface area contributed by atoms with Gasteiger partial charge in [-0.05, 0) is 26.0 Å². The number of fused-ring (bicyclic) bond motifs is 1. The Balaban J connectivity index is 2.30. The first-order chi connectivity index (χ1) is 9.28. The van der Waals surface area contributed by atoms with Crippen LogP contribution in [0.25, 0.3) is 11.1 Å². The smallest absolute Gasteiger partial charge is 0.316 e. The fourth-order valence-electron chi connectivity index (χ4n) is 1.65. The molecular weight excluding hydrogens is 282 g/mol. The van der Waals surface area contributed by atoms with Gasteiger partial charge >= 0.3 is 5.22 Å². The Morgan fingerprint density at radius 3 is 2.80 bits per heavy atom. The van der Waals surface area contributed by atoms with Crippen LogP contribution in [0, 0.1) is 0 Å². The van der Waals surface area contributed by atoms with Crippen LogP contribution in [0.2, 0.25) is 0 Å². The van der Waals surface area contributed by atoms with Crippen LogP contribution in [0.3, 0.4) is 0 Å². The molecular formula is C12H15N3O4S. The number of nitrogens with zero attached hydrogens (tertiary/aromatic N) is 1. The number of rotatable bonds is 4.